The molecule has 0 N–H and O–H groups in total. The van der Waals surface area contributed by atoms with Crippen molar-refractivity contribution in [2.45, 2.75) is 44.7 Å². The molecule has 2 aromatic rings. The van der Waals surface area contributed by atoms with Gasteiger partial charge in [0, 0.05) is 49.4 Å². The number of aromatic nitrogens is 1. The van der Waals surface area contributed by atoms with Crippen LogP contribution >= 0.6 is 0 Å². The van der Waals surface area contributed by atoms with E-state index in [4.69, 9.17) is 5.26 Å². The third-order valence-electron chi connectivity index (χ3n) is 6.46. The number of urea groups is 1. The van der Waals surface area contributed by atoms with Crippen molar-refractivity contribution >= 4 is 11.7 Å². The second-order valence-corrected chi connectivity index (χ2v) is 9.18. The van der Waals surface area contributed by atoms with Gasteiger partial charge in [-0.3, -0.25) is 14.8 Å². The lowest BCUT2D eigenvalue weighted by atomic mass is 9.91. The molecule has 1 aromatic carbocycles. The number of amides is 2. The zero-order valence-electron chi connectivity index (χ0n) is 18.3. The van der Waals surface area contributed by atoms with Crippen molar-refractivity contribution < 1.29 is 9.18 Å². The zero-order chi connectivity index (χ0) is 22.2. The summed E-state index contributed by atoms with van der Waals surface area (Å²) in [6, 6.07) is 10.7. The Kier molecular flexibility index (Phi) is 5.67. The highest BCUT2D eigenvalue weighted by atomic mass is 19.1. The van der Waals surface area contributed by atoms with E-state index in [1.165, 1.54) is 12.1 Å². The molecule has 6 nitrogen and oxygen atoms in total. The zero-order valence-corrected chi connectivity index (χ0v) is 18.3. The van der Waals surface area contributed by atoms with E-state index < -0.39 is 0 Å². The molecule has 2 amide bonds. The minimum absolute atomic E-state index is 0.0358. The lowest BCUT2D eigenvalue weighted by molar-refractivity contribution is 0.133. The topological polar surface area (TPSA) is 63.5 Å². The van der Waals surface area contributed by atoms with Gasteiger partial charge in [0.25, 0.3) is 0 Å². The molecule has 1 fully saturated rings. The van der Waals surface area contributed by atoms with Crippen LogP contribution in [0.15, 0.2) is 36.5 Å². The highest BCUT2D eigenvalue weighted by Gasteiger charge is 2.41. The molecule has 0 atom stereocenters. The molecule has 0 spiro atoms. The Morgan fingerprint density at radius 3 is 2.77 bits per heavy atom. The van der Waals surface area contributed by atoms with Gasteiger partial charge in [0.15, 0.2) is 0 Å². The number of hydrogen-bond acceptors (Lipinski definition) is 4. The van der Waals surface area contributed by atoms with Crippen molar-refractivity contribution in [1.29, 1.82) is 5.26 Å². The molecule has 0 radical (unpaired) electrons. The van der Waals surface area contributed by atoms with Crippen LogP contribution in [0.5, 0.6) is 0 Å². The number of halogens is 1. The number of likely N-dealkylation sites (tertiary alicyclic amines) is 1. The van der Waals surface area contributed by atoms with E-state index in [1.54, 1.807) is 12.3 Å². The van der Waals surface area contributed by atoms with E-state index in [9.17, 15) is 9.18 Å². The fourth-order valence-electron chi connectivity index (χ4n) is 4.69. The van der Waals surface area contributed by atoms with E-state index in [0.717, 1.165) is 24.2 Å². The normalized spacial score (nSPS) is 18.2. The van der Waals surface area contributed by atoms with Crippen LogP contribution in [0, 0.1) is 17.1 Å². The summed E-state index contributed by atoms with van der Waals surface area (Å²) in [5.41, 5.74) is 2.72. The molecule has 3 heterocycles. The number of carbonyl (C=O) groups excluding carboxylic acids is 1. The third-order valence-corrected chi connectivity index (χ3v) is 6.46. The Bertz CT molecular complexity index is 1020. The van der Waals surface area contributed by atoms with Gasteiger partial charge in [0.2, 0.25) is 0 Å². The molecule has 0 aliphatic carbocycles. The van der Waals surface area contributed by atoms with Crippen molar-refractivity contribution in [3.8, 4) is 6.07 Å². The quantitative estimate of drug-likeness (QED) is 0.754. The molecule has 4 rings (SSSR count). The maximum atomic E-state index is 14.2. The van der Waals surface area contributed by atoms with Crippen LogP contribution in [0.3, 0.4) is 0 Å². The summed E-state index contributed by atoms with van der Waals surface area (Å²) in [5, 5.41) is 9.07. The average molecular weight is 422 g/mol. The number of benzene rings is 1. The summed E-state index contributed by atoms with van der Waals surface area (Å²) in [6.07, 6.45) is 3.45. The first-order chi connectivity index (χ1) is 14.8. The highest BCUT2D eigenvalue weighted by Crippen LogP contribution is 2.39. The number of fused-ring (bicyclic) bond motifs is 1. The predicted molar refractivity (Wildman–Crippen MR) is 117 cm³/mol. The summed E-state index contributed by atoms with van der Waals surface area (Å²) in [6.45, 7) is 6.65. The maximum absolute atomic E-state index is 14.2. The molecule has 1 saturated heterocycles. The van der Waals surface area contributed by atoms with E-state index in [1.807, 2.05) is 29.0 Å². The maximum Gasteiger partial charge on any atom is 0.324 e. The molecule has 1 aromatic heterocycles. The second kappa shape index (κ2) is 8.27. The van der Waals surface area contributed by atoms with Crippen molar-refractivity contribution in [2.24, 2.45) is 0 Å². The van der Waals surface area contributed by atoms with E-state index in [-0.39, 0.29) is 23.3 Å². The van der Waals surface area contributed by atoms with Gasteiger partial charge in [-0.05, 0) is 50.2 Å². The van der Waals surface area contributed by atoms with Gasteiger partial charge in [-0.2, -0.15) is 5.26 Å². The molecule has 31 heavy (non-hydrogen) atoms. The van der Waals surface area contributed by atoms with Crippen LogP contribution in [0.25, 0.3) is 0 Å². The standard InChI is InChI=1S/C24H28FN5O/c1-24(2)16-30(21-5-4-10-27-22(21)24)23(31)29-11-8-19(9-12-29)28(3)15-18-13-17(14-26)6-7-20(18)25/h4-7,10,13,19H,8-9,11-12,15-16H2,1-3H3. The summed E-state index contributed by atoms with van der Waals surface area (Å²) in [5.74, 6) is -0.289. The minimum Gasteiger partial charge on any atom is -0.324 e. The summed E-state index contributed by atoms with van der Waals surface area (Å²) >= 11 is 0. The van der Waals surface area contributed by atoms with Gasteiger partial charge in [0.05, 0.1) is 23.0 Å². The fourth-order valence-corrected chi connectivity index (χ4v) is 4.69. The largest absolute Gasteiger partial charge is 0.324 e. The van der Waals surface area contributed by atoms with Crippen molar-refractivity contribution in [3.05, 3.63) is 59.2 Å². The van der Waals surface area contributed by atoms with Gasteiger partial charge in [-0.15, -0.1) is 0 Å². The first kappa shape index (κ1) is 21.3. The Balaban J connectivity index is 1.38. The smallest absolute Gasteiger partial charge is 0.324 e. The fraction of sp³-hybridized carbons (Fsp3) is 0.458. The number of anilines is 1. The van der Waals surface area contributed by atoms with Crippen LogP contribution in [0.4, 0.5) is 14.9 Å². The van der Waals surface area contributed by atoms with E-state index in [0.29, 0.717) is 37.3 Å². The Labute approximate surface area is 182 Å². The number of carbonyl (C=O) groups is 1. The summed E-state index contributed by atoms with van der Waals surface area (Å²) in [4.78, 5) is 23.7. The monoisotopic (exact) mass is 421 g/mol. The second-order valence-electron chi connectivity index (χ2n) is 9.18. The molecule has 0 unspecified atom stereocenters. The SMILES string of the molecule is CN(Cc1cc(C#N)ccc1F)C1CCN(C(=O)N2CC(C)(C)c3ncccc32)CC1. The van der Waals surface area contributed by atoms with Crippen molar-refractivity contribution in [2.75, 3.05) is 31.6 Å². The highest BCUT2D eigenvalue weighted by molar-refractivity contribution is 5.94. The molecular weight excluding hydrogens is 393 g/mol. The number of nitriles is 1. The number of hydrogen-bond donors (Lipinski definition) is 0. The van der Waals surface area contributed by atoms with Crippen LogP contribution in [-0.2, 0) is 12.0 Å². The lowest BCUT2D eigenvalue weighted by Crippen LogP contribution is -2.50. The summed E-state index contributed by atoms with van der Waals surface area (Å²) < 4.78 is 14.2. The number of pyridine rings is 1. The van der Waals surface area contributed by atoms with Crippen molar-refractivity contribution in [3.63, 3.8) is 0 Å². The van der Waals surface area contributed by atoms with Crippen LogP contribution in [-0.4, -0.2) is 53.5 Å². The van der Waals surface area contributed by atoms with E-state index >= 15 is 0 Å². The van der Waals surface area contributed by atoms with Crippen molar-refractivity contribution in [1.82, 2.24) is 14.8 Å². The predicted octanol–water partition coefficient (Wildman–Crippen LogP) is 3.91. The van der Waals surface area contributed by atoms with Crippen LogP contribution < -0.4 is 4.90 Å². The molecular formula is C24H28FN5O. The molecule has 7 heteroatoms. The number of piperidine rings is 1. The third kappa shape index (κ3) is 4.13. The van der Waals surface area contributed by atoms with Gasteiger partial charge in [0.1, 0.15) is 5.82 Å². The first-order valence-electron chi connectivity index (χ1n) is 10.7. The van der Waals surface area contributed by atoms with Gasteiger partial charge >= 0.3 is 6.03 Å². The average Bonchev–Trinajstić information content (AvgIpc) is 3.06. The Hall–Kier alpha value is -2.98. The number of nitrogens with zero attached hydrogens (tertiary/aromatic N) is 5. The number of rotatable bonds is 3. The van der Waals surface area contributed by atoms with Crippen LogP contribution in [0.1, 0.15) is 43.5 Å². The van der Waals surface area contributed by atoms with E-state index in [2.05, 4.69) is 29.8 Å². The van der Waals surface area contributed by atoms with Gasteiger partial charge in [-0.1, -0.05) is 13.8 Å². The molecule has 2 aliphatic rings. The first-order valence-corrected chi connectivity index (χ1v) is 10.7. The Morgan fingerprint density at radius 1 is 1.32 bits per heavy atom. The van der Waals surface area contributed by atoms with Gasteiger partial charge < -0.3 is 4.90 Å². The van der Waals surface area contributed by atoms with Gasteiger partial charge in [-0.25, -0.2) is 9.18 Å². The van der Waals surface area contributed by atoms with Crippen LogP contribution in [0.2, 0.25) is 0 Å². The lowest BCUT2D eigenvalue weighted by Gasteiger charge is -2.38. The minimum atomic E-state index is -0.289. The molecule has 2 aliphatic heterocycles. The molecule has 0 bridgehead atoms. The molecule has 162 valence electrons. The molecule has 0 saturated carbocycles. The summed E-state index contributed by atoms with van der Waals surface area (Å²) in [7, 11) is 1.98. The Morgan fingerprint density at radius 2 is 2.06 bits per heavy atom.